The monoisotopic (exact) mass is 436 g/mol. The number of halogens is 1. The quantitative estimate of drug-likeness (QED) is 0.479. The third-order valence-electron chi connectivity index (χ3n) is 4.62. The van der Waals surface area contributed by atoms with Crippen LogP contribution in [0.15, 0.2) is 11.0 Å². The Morgan fingerprint density at radius 1 is 1.42 bits per heavy atom. The molecule has 2 aromatic rings. The number of rotatable bonds is 7. The Morgan fingerprint density at radius 2 is 2.16 bits per heavy atom. The van der Waals surface area contributed by atoms with Crippen LogP contribution >= 0.6 is 0 Å². The SMILES string of the molecule is CCC(=O)O[C@H]1O[C@@H](n2c(=O)n(CCCC#N)c3cnc(N)nc32)[C@H](OC(C)=O)[C@H]1F. The summed E-state index contributed by atoms with van der Waals surface area (Å²) in [5, 5.41) is 8.77. The summed E-state index contributed by atoms with van der Waals surface area (Å²) in [5.41, 5.74) is 5.29. The summed E-state index contributed by atoms with van der Waals surface area (Å²) >= 11 is 0. The van der Waals surface area contributed by atoms with Gasteiger partial charge in [0.15, 0.2) is 18.0 Å². The summed E-state index contributed by atoms with van der Waals surface area (Å²) in [6, 6.07) is 1.99. The molecule has 4 atom stereocenters. The number of aryl methyl sites for hydroxylation is 1. The second-order valence-electron chi connectivity index (χ2n) is 6.76. The largest absolute Gasteiger partial charge is 0.454 e. The second-order valence-corrected chi connectivity index (χ2v) is 6.76. The van der Waals surface area contributed by atoms with Crippen molar-refractivity contribution in [1.29, 1.82) is 5.26 Å². The van der Waals surface area contributed by atoms with Gasteiger partial charge in [-0.1, -0.05) is 6.92 Å². The third-order valence-corrected chi connectivity index (χ3v) is 4.62. The Kier molecular flexibility index (Phi) is 6.50. The van der Waals surface area contributed by atoms with Crippen molar-refractivity contribution >= 4 is 29.1 Å². The van der Waals surface area contributed by atoms with Crippen LogP contribution in [0.5, 0.6) is 0 Å². The fourth-order valence-corrected chi connectivity index (χ4v) is 3.26. The predicted octanol–water partition coefficient (Wildman–Crippen LogP) is 0.557. The van der Waals surface area contributed by atoms with Crippen molar-refractivity contribution in [2.45, 2.75) is 64.4 Å². The highest BCUT2D eigenvalue weighted by molar-refractivity contribution is 5.72. The molecule has 0 saturated carbocycles. The molecule has 3 rings (SSSR count). The summed E-state index contributed by atoms with van der Waals surface area (Å²) in [5.74, 6) is -1.69. The first-order valence-corrected chi connectivity index (χ1v) is 9.54. The number of nitrogens with two attached hydrogens (primary N) is 1. The lowest BCUT2D eigenvalue weighted by molar-refractivity contribution is -0.188. The molecule has 0 amide bonds. The number of hydrogen-bond donors (Lipinski definition) is 1. The van der Waals surface area contributed by atoms with E-state index in [0.717, 1.165) is 11.5 Å². The highest BCUT2D eigenvalue weighted by atomic mass is 19.1. The van der Waals surface area contributed by atoms with Crippen LogP contribution in [0.2, 0.25) is 0 Å². The van der Waals surface area contributed by atoms with Gasteiger partial charge in [0.05, 0.1) is 12.3 Å². The van der Waals surface area contributed by atoms with Gasteiger partial charge in [0, 0.05) is 26.3 Å². The van der Waals surface area contributed by atoms with Crippen molar-refractivity contribution in [2.75, 3.05) is 5.73 Å². The summed E-state index contributed by atoms with van der Waals surface area (Å²) in [6.45, 7) is 2.75. The first-order chi connectivity index (χ1) is 14.8. The predicted molar refractivity (Wildman–Crippen MR) is 102 cm³/mol. The molecular formula is C18H21FN6O6. The number of unbranched alkanes of at least 4 members (excludes halogenated alkanes) is 1. The van der Waals surface area contributed by atoms with Gasteiger partial charge in [-0.25, -0.2) is 18.7 Å². The summed E-state index contributed by atoms with van der Waals surface area (Å²) in [6.07, 6.45) is -4.95. The zero-order chi connectivity index (χ0) is 22.7. The van der Waals surface area contributed by atoms with Crippen molar-refractivity contribution < 1.29 is 28.2 Å². The molecule has 0 bridgehead atoms. The Bertz CT molecular complexity index is 1090. The van der Waals surface area contributed by atoms with Gasteiger partial charge in [0.1, 0.15) is 5.52 Å². The number of hydrogen-bond acceptors (Lipinski definition) is 10. The summed E-state index contributed by atoms with van der Waals surface area (Å²) in [7, 11) is 0. The molecule has 3 heterocycles. The Labute approximate surface area is 175 Å². The van der Waals surface area contributed by atoms with E-state index in [0.29, 0.717) is 6.42 Å². The molecule has 0 spiro atoms. The molecule has 166 valence electrons. The van der Waals surface area contributed by atoms with Gasteiger partial charge in [-0.3, -0.25) is 14.2 Å². The molecule has 0 aliphatic carbocycles. The van der Waals surface area contributed by atoms with Crippen molar-refractivity contribution in [3.8, 4) is 6.07 Å². The number of carbonyl (C=O) groups is 2. The molecule has 1 fully saturated rings. The number of imidazole rings is 1. The molecule has 2 aromatic heterocycles. The van der Waals surface area contributed by atoms with E-state index in [1.807, 2.05) is 6.07 Å². The molecule has 1 saturated heterocycles. The van der Waals surface area contributed by atoms with Crippen LogP contribution in [-0.4, -0.2) is 49.6 Å². The summed E-state index contributed by atoms with van der Waals surface area (Å²) in [4.78, 5) is 44.4. The topological polar surface area (TPSA) is 164 Å². The Balaban J connectivity index is 2.10. The minimum absolute atomic E-state index is 0.0197. The minimum Gasteiger partial charge on any atom is -0.454 e. The van der Waals surface area contributed by atoms with Crippen molar-refractivity contribution in [2.24, 2.45) is 0 Å². The average molecular weight is 436 g/mol. The number of anilines is 1. The molecule has 12 nitrogen and oxygen atoms in total. The van der Waals surface area contributed by atoms with E-state index < -0.39 is 42.4 Å². The second kappa shape index (κ2) is 9.09. The van der Waals surface area contributed by atoms with Gasteiger partial charge in [-0.2, -0.15) is 10.2 Å². The molecule has 13 heteroatoms. The molecule has 0 unspecified atom stereocenters. The number of alkyl halides is 1. The Morgan fingerprint density at radius 3 is 2.81 bits per heavy atom. The fourth-order valence-electron chi connectivity index (χ4n) is 3.26. The first-order valence-electron chi connectivity index (χ1n) is 9.54. The molecule has 1 aliphatic heterocycles. The highest BCUT2D eigenvalue weighted by Crippen LogP contribution is 2.35. The first kappa shape index (κ1) is 22.2. The van der Waals surface area contributed by atoms with Crippen LogP contribution in [0.1, 0.15) is 39.3 Å². The lowest BCUT2D eigenvalue weighted by atomic mass is 10.2. The zero-order valence-electron chi connectivity index (χ0n) is 16.9. The van der Waals surface area contributed by atoms with Crippen LogP contribution in [0.4, 0.5) is 10.3 Å². The van der Waals surface area contributed by atoms with E-state index in [9.17, 15) is 14.4 Å². The Hall–Kier alpha value is -3.53. The maximum absolute atomic E-state index is 15.0. The van der Waals surface area contributed by atoms with Gasteiger partial charge < -0.3 is 19.9 Å². The zero-order valence-corrected chi connectivity index (χ0v) is 16.9. The van der Waals surface area contributed by atoms with Crippen molar-refractivity contribution in [3.63, 3.8) is 0 Å². The number of ether oxygens (including phenoxy) is 3. The molecule has 31 heavy (non-hydrogen) atoms. The van der Waals surface area contributed by atoms with Gasteiger partial charge in [-0.15, -0.1) is 0 Å². The number of nitriles is 1. The van der Waals surface area contributed by atoms with E-state index in [4.69, 9.17) is 25.2 Å². The van der Waals surface area contributed by atoms with Crippen LogP contribution < -0.4 is 11.4 Å². The third kappa shape index (κ3) is 4.33. The van der Waals surface area contributed by atoms with Crippen LogP contribution in [0.3, 0.4) is 0 Å². The van der Waals surface area contributed by atoms with Crippen molar-refractivity contribution in [1.82, 2.24) is 19.1 Å². The summed E-state index contributed by atoms with van der Waals surface area (Å²) < 4.78 is 32.8. The van der Waals surface area contributed by atoms with Crippen molar-refractivity contribution in [3.05, 3.63) is 16.7 Å². The van der Waals surface area contributed by atoms with Crippen LogP contribution in [0.25, 0.3) is 11.2 Å². The van der Waals surface area contributed by atoms with Gasteiger partial charge >= 0.3 is 17.6 Å². The van der Waals surface area contributed by atoms with E-state index in [2.05, 4.69) is 9.97 Å². The molecule has 2 N–H and O–H groups in total. The number of nitrogens with zero attached hydrogens (tertiary/aromatic N) is 5. The molecule has 0 radical (unpaired) electrons. The van der Waals surface area contributed by atoms with E-state index in [1.54, 1.807) is 0 Å². The molecular weight excluding hydrogens is 415 g/mol. The lowest BCUT2D eigenvalue weighted by Crippen LogP contribution is -2.37. The van der Waals surface area contributed by atoms with E-state index in [1.165, 1.54) is 17.7 Å². The number of aromatic nitrogens is 4. The van der Waals surface area contributed by atoms with Gasteiger partial charge in [0.2, 0.25) is 18.4 Å². The van der Waals surface area contributed by atoms with Crippen LogP contribution in [0, 0.1) is 11.3 Å². The maximum Gasteiger partial charge on any atom is 0.332 e. The van der Waals surface area contributed by atoms with Gasteiger partial charge in [-0.05, 0) is 6.42 Å². The number of nitrogen functional groups attached to an aromatic ring is 1. The highest BCUT2D eigenvalue weighted by Gasteiger charge is 2.51. The van der Waals surface area contributed by atoms with Gasteiger partial charge in [0.25, 0.3) is 0 Å². The molecule has 1 aliphatic rings. The standard InChI is InChI=1S/C18H21FN6O6/c1-3-11(27)30-16-12(19)13(29-9(2)26)15(31-16)25-14-10(8-22-17(21)23-14)24(18(25)28)7-5-4-6-20/h8,12-13,15-16H,3-5,7H2,1-2H3,(H2,21,22,23)/t12-,13-,15-,16+/m1/s1. The normalized spacial score (nSPS) is 22.9. The van der Waals surface area contributed by atoms with E-state index >= 15 is 4.39 Å². The number of fused-ring (bicyclic) bond motifs is 1. The number of esters is 2. The maximum atomic E-state index is 15.0. The minimum atomic E-state index is -2.05. The van der Waals surface area contributed by atoms with E-state index in [-0.39, 0.29) is 36.5 Å². The lowest BCUT2D eigenvalue weighted by Gasteiger charge is -2.19. The smallest absolute Gasteiger partial charge is 0.332 e. The fraction of sp³-hybridized carbons (Fsp3) is 0.556. The number of carbonyl (C=O) groups excluding carboxylic acids is 2. The van der Waals surface area contributed by atoms with Crippen LogP contribution in [-0.2, 0) is 30.3 Å². The average Bonchev–Trinajstić information content (AvgIpc) is 3.15. The molecule has 0 aromatic carbocycles.